The molecule has 0 radical (unpaired) electrons. The Morgan fingerprint density at radius 2 is 0.787 bits per heavy atom. The van der Waals surface area contributed by atoms with Crippen molar-refractivity contribution >= 4 is 63.0 Å². The van der Waals surface area contributed by atoms with Crippen LogP contribution in [0.15, 0.2) is 147 Å². The molecule has 0 aliphatic heterocycles. The number of ether oxygens (including phenoxy) is 8. The number of carbonyl (C=O) groups excluding carboxylic acids is 5. The van der Waals surface area contributed by atoms with Gasteiger partial charge in [-0.3, -0.25) is 0 Å². The van der Waals surface area contributed by atoms with E-state index in [1.165, 1.54) is 0 Å². The largest absolute Gasteiger partial charge is 0.494 e. The highest BCUT2D eigenvalue weighted by Crippen LogP contribution is 2.38. The third kappa shape index (κ3) is 17.9. The van der Waals surface area contributed by atoms with E-state index in [0.29, 0.717) is 96.2 Å². The smallest absolute Gasteiger partial charge is 0.343 e. The van der Waals surface area contributed by atoms with Crippen LogP contribution >= 0.6 is 0 Å². The van der Waals surface area contributed by atoms with Crippen LogP contribution in [0.1, 0.15) is 91.3 Å². The molecule has 15 nitrogen and oxygen atoms in total. The van der Waals surface area contributed by atoms with Gasteiger partial charge in [-0.05, 0) is 179 Å². The first-order chi connectivity index (χ1) is 36.5. The molecule has 0 bridgehead atoms. The number of benzene rings is 5. The lowest BCUT2D eigenvalue weighted by Crippen LogP contribution is -2.13. The molecule has 0 saturated heterocycles. The molecule has 1 aromatic heterocycles. The maximum Gasteiger partial charge on any atom is 0.343 e. The van der Waals surface area contributed by atoms with Crippen molar-refractivity contribution in [2.45, 2.75) is 70.6 Å². The molecule has 75 heavy (non-hydrogen) atoms. The minimum absolute atomic E-state index is 0.300. The monoisotopic (exact) mass is 1020 g/mol. The van der Waals surface area contributed by atoms with E-state index >= 15 is 0 Å². The Morgan fingerprint density at radius 3 is 1.21 bits per heavy atom. The van der Waals surface area contributed by atoms with Gasteiger partial charge in [-0.25, -0.2) is 29.0 Å². The van der Waals surface area contributed by atoms with Crippen LogP contribution in [0, 0.1) is 0 Å². The summed E-state index contributed by atoms with van der Waals surface area (Å²) in [4.78, 5) is 67.6. The molecule has 0 fully saturated rings. The average molecular weight is 1020 g/mol. The maximum atomic E-state index is 13.5. The molecule has 0 aliphatic rings. The highest BCUT2D eigenvalue weighted by molar-refractivity contribution is 6.11. The second-order valence-electron chi connectivity index (χ2n) is 17.3. The number of unbranched alkanes of at least 4 members (excludes halogenated alkanes) is 8. The summed E-state index contributed by atoms with van der Waals surface area (Å²) in [6.07, 6.45) is 12.6. The first-order valence-electron chi connectivity index (χ1n) is 25.2. The number of hydrogen-bond donors (Lipinski definition) is 0. The number of fused-ring (bicyclic) bond motifs is 3. The van der Waals surface area contributed by atoms with Crippen LogP contribution in [0.2, 0.25) is 0 Å². The number of hydrogen-bond acceptors (Lipinski definition) is 15. The number of rotatable bonds is 32. The number of pyridine rings is 1. The molecule has 0 saturated carbocycles. The van der Waals surface area contributed by atoms with Crippen LogP contribution in [0.3, 0.4) is 0 Å². The molecule has 0 aliphatic carbocycles. The summed E-state index contributed by atoms with van der Waals surface area (Å²) < 4.78 is 44.6. The highest BCUT2D eigenvalue weighted by Gasteiger charge is 2.19. The summed E-state index contributed by atoms with van der Waals surface area (Å²) in [5.41, 5.74) is 2.06. The first kappa shape index (κ1) is 55.8. The summed E-state index contributed by atoms with van der Waals surface area (Å²) in [6, 6.07) is 31.9. The van der Waals surface area contributed by atoms with Crippen molar-refractivity contribution in [1.29, 1.82) is 0 Å². The normalized spacial score (nSPS) is 10.7. The standard InChI is InChI=1S/C60H64N2O13/c1-5-55(63)71-38-15-10-8-13-35-68-46-25-19-43(20-26-46)59(66)74-49-31-33-51-52-34-32-50(75-60(67)44-21-27-47(28-22-44)69-36-14-9-11-16-39-72-56(64)6-2)42-54(52)61-58(53(51)41-49)62(4)45-23-29-48(30-24-45)70-37-17-12-18-40-73-57(65)7-3/h5-7,19-34,41-42H,1-3,8-18,35-40H2,4H3. The van der Waals surface area contributed by atoms with Crippen LogP contribution < -0.4 is 28.6 Å². The number of anilines is 2. The van der Waals surface area contributed by atoms with Crippen LogP contribution in [-0.2, 0) is 28.6 Å². The lowest BCUT2D eigenvalue weighted by molar-refractivity contribution is -0.138. The third-order valence-corrected chi connectivity index (χ3v) is 11.8. The minimum Gasteiger partial charge on any atom is -0.494 e. The van der Waals surface area contributed by atoms with Crippen LogP contribution in [0.4, 0.5) is 11.5 Å². The van der Waals surface area contributed by atoms with Gasteiger partial charge >= 0.3 is 29.8 Å². The summed E-state index contributed by atoms with van der Waals surface area (Å²) >= 11 is 0. The lowest BCUT2D eigenvalue weighted by atomic mass is 10.0. The second kappa shape index (κ2) is 29.9. The number of esters is 5. The molecule has 1 heterocycles. The number of carbonyl (C=O) groups is 5. The zero-order valence-electron chi connectivity index (χ0n) is 42.5. The van der Waals surface area contributed by atoms with Gasteiger partial charge in [0.2, 0.25) is 0 Å². The summed E-state index contributed by atoms with van der Waals surface area (Å²) in [7, 11) is 1.89. The molecule has 0 amide bonds. The molecule has 0 unspecified atom stereocenters. The molecule has 15 heteroatoms. The molecule has 5 aromatic carbocycles. The van der Waals surface area contributed by atoms with E-state index < -0.39 is 29.8 Å². The van der Waals surface area contributed by atoms with Gasteiger partial charge in [-0.2, -0.15) is 0 Å². The van der Waals surface area contributed by atoms with Crippen molar-refractivity contribution in [3.05, 3.63) is 158 Å². The predicted molar refractivity (Wildman–Crippen MR) is 287 cm³/mol. The van der Waals surface area contributed by atoms with E-state index in [9.17, 15) is 24.0 Å². The maximum absolute atomic E-state index is 13.5. The topological polar surface area (TPSA) is 175 Å². The van der Waals surface area contributed by atoms with Crippen molar-refractivity contribution in [2.24, 2.45) is 0 Å². The lowest BCUT2D eigenvalue weighted by Gasteiger charge is -2.22. The van der Waals surface area contributed by atoms with E-state index in [2.05, 4.69) is 19.7 Å². The van der Waals surface area contributed by atoms with Gasteiger partial charge in [0, 0.05) is 47.8 Å². The highest BCUT2D eigenvalue weighted by atomic mass is 16.5. The summed E-state index contributed by atoms with van der Waals surface area (Å²) in [5.74, 6) is 0.752. The van der Waals surface area contributed by atoms with Crippen molar-refractivity contribution < 1.29 is 61.9 Å². The van der Waals surface area contributed by atoms with Gasteiger partial charge in [0.1, 0.15) is 34.6 Å². The van der Waals surface area contributed by atoms with E-state index in [1.54, 1.807) is 72.8 Å². The fraction of sp³-hybridized carbons (Fsp3) is 0.300. The zero-order chi connectivity index (χ0) is 53.2. The SMILES string of the molecule is C=CC(=O)OCCCCCCOc1ccc(C(=O)Oc2ccc3c(c2)nc(N(C)c2ccc(OCCCCCOC(=O)C=C)cc2)c2cc(OC(=O)c4ccc(OCCCCCCOC(=O)C=C)cc4)ccc23)cc1. The van der Waals surface area contributed by atoms with Crippen molar-refractivity contribution in [1.82, 2.24) is 4.98 Å². The molecule has 6 rings (SSSR count). The Morgan fingerprint density at radius 1 is 0.427 bits per heavy atom. The number of aromatic nitrogens is 1. The second-order valence-corrected chi connectivity index (χ2v) is 17.3. The Balaban J connectivity index is 1.12. The van der Waals surface area contributed by atoms with Gasteiger partial charge in [-0.15, -0.1) is 0 Å². The fourth-order valence-electron chi connectivity index (χ4n) is 7.69. The van der Waals surface area contributed by atoms with E-state index in [-0.39, 0.29) is 0 Å². The minimum atomic E-state index is -0.546. The molecular formula is C60H64N2O13. The fourth-order valence-corrected chi connectivity index (χ4v) is 7.69. The molecule has 0 atom stereocenters. The molecule has 0 N–H and O–H groups in total. The molecule has 0 spiro atoms. The average Bonchev–Trinajstić information content (AvgIpc) is 3.43. The van der Waals surface area contributed by atoms with E-state index in [0.717, 1.165) is 105 Å². The van der Waals surface area contributed by atoms with Gasteiger partial charge in [0.15, 0.2) is 0 Å². The summed E-state index contributed by atoms with van der Waals surface area (Å²) in [5, 5.41) is 2.31. The van der Waals surface area contributed by atoms with Crippen LogP contribution in [0.25, 0.3) is 21.7 Å². The Hall–Kier alpha value is -8.46. The Labute approximate surface area is 437 Å². The van der Waals surface area contributed by atoms with Gasteiger partial charge in [-0.1, -0.05) is 19.7 Å². The van der Waals surface area contributed by atoms with Gasteiger partial charge in [0.25, 0.3) is 0 Å². The van der Waals surface area contributed by atoms with E-state index in [1.807, 2.05) is 48.3 Å². The van der Waals surface area contributed by atoms with E-state index in [4.69, 9.17) is 42.9 Å². The van der Waals surface area contributed by atoms with Crippen LogP contribution in [0.5, 0.6) is 28.7 Å². The summed E-state index contributed by atoms with van der Waals surface area (Å²) in [6.45, 7) is 12.8. The quantitative estimate of drug-likeness (QED) is 0.00973. The van der Waals surface area contributed by atoms with Crippen LogP contribution in [-0.4, -0.2) is 81.5 Å². The van der Waals surface area contributed by atoms with Crippen molar-refractivity contribution in [3.63, 3.8) is 0 Å². The first-order valence-corrected chi connectivity index (χ1v) is 25.2. The third-order valence-electron chi connectivity index (χ3n) is 11.8. The van der Waals surface area contributed by atoms with Crippen molar-refractivity contribution in [2.75, 3.05) is 51.6 Å². The molecular weight excluding hydrogens is 957 g/mol. The van der Waals surface area contributed by atoms with Gasteiger partial charge < -0.3 is 42.8 Å². The van der Waals surface area contributed by atoms with Crippen molar-refractivity contribution in [3.8, 4) is 28.7 Å². The molecule has 392 valence electrons. The number of nitrogens with zero attached hydrogens (tertiary/aromatic N) is 2. The Kier molecular flexibility index (Phi) is 22.3. The van der Waals surface area contributed by atoms with Gasteiger partial charge in [0.05, 0.1) is 56.3 Å². The Bertz CT molecular complexity index is 2880. The predicted octanol–water partition coefficient (Wildman–Crippen LogP) is 12.2. The molecule has 6 aromatic rings. The zero-order valence-corrected chi connectivity index (χ0v) is 42.5.